The average molecular weight is 313 g/mol. The smallest absolute Gasteiger partial charge is 0.307 e. The third-order valence-electron chi connectivity index (χ3n) is 4.76. The molecule has 0 spiro atoms. The predicted molar refractivity (Wildman–Crippen MR) is 88.5 cm³/mol. The molecule has 0 saturated carbocycles. The van der Waals surface area contributed by atoms with Gasteiger partial charge in [0.25, 0.3) is 0 Å². The van der Waals surface area contributed by atoms with Gasteiger partial charge in [-0.25, -0.2) is 4.68 Å². The van der Waals surface area contributed by atoms with E-state index in [0.29, 0.717) is 12.6 Å². The molecule has 1 aliphatic heterocycles. The summed E-state index contributed by atoms with van der Waals surface area (Å²) in [4.78, 5) is 13.5. The maximum absolute atomic E-state index is 11.3. The van der Waals surface area contributed by atoms with Crippen LogP contribution in [0.5, 0.6) is 0 Å². The largest absolute Gasteiger partial charge is 0.481 e. The molecule has 0 aliphatic carbocycles. The van der Waals surface area contributed by atoms with E-state index in [1.807, 2.05) is 41.9 Å². The molecule has 2 atom stereocenters. The number of likely N-dealkylation sites (tertiary alicyclic amines) is 1. The maximum atomic E-state index is 11.3. The van der Waals surface area contributed by atoms with Crippen molar-refractivity contribution >= 4 is 5.97 Å². The standard InChI is InChI=1S/C18H23N3O2/c1-13-8-9-15(18(22)23)10-20(13)11-16-12-21(19-14(16)2)17-6-4-3-5-7-17/h3-7,12-13,15H,8-11H2,1-2H3,(H,22,23)/t13-,15+/m0/s1. The van der Waals surface area contributed by atoms with Crippen molar-refractivity contribution in [3.63, 3.8) is 0 Å². The predicted octanol–water partition coefficient (Wildman–Crippen LogP) is 2.87. The van der Waals surface area contributed by atoms with Crippen LogP contribution in [0.15, 0.2) is 36.5 Å². The van der Waals surface area contributed by atoms with Gasteiger partial charge in [-0.2, -0.15) is 5.10 Å². The molecule has 0 bridgehead atoms. The van der Waals surface area contributed by atoms with Crippen LogP contribution in [0.3, 0.4) is 0 Å². The lowest BCUT2D eigenvalue weighted by molar-refractivity contribution is -0.144. The van der Waals surface area contributed by atoms with Crippen molar-refractivity contribution in [2.24, 2.45) is 5.92 Å². The molecule has 1 N–H and O–H groups in total. The summed E-state index contributed by atoms with van der Waals surface area (Å²) in [5, 5.41) is 13.9. The molecular formula is C18H23N3O2. The molecule has 1 saturated heterocycles. The Kier molecular flexibility index (Phi) is 4.48. The number of benzene rings is 1. The second-order valence-electron chi connectivity index (χ2n) is 6.41. The first kappa shape index (κ1) is 15.7. The Bertz CT molecular complexity index is 681. The van der Waals surface area contributed by atoms with E-state index in [1.54, 1.807) is 0 Å². The van der Waals surface area contributed by atoms with Gasteiger partial charge in [0, 0.05) is 30.9 Å². The van der Waals surface area contributed by atoms with Crippen LogP contribution in [0.2, 0.25) is 0 Å². The number of aryl methyl sites for hydroxylation is 1. The number of para-hydroxylation sites is 1. The zero-order valence-electron chi connectivity index (χ0n) is 13.6. The van der Waals surface area contributed by atoms with Crippen LogP contribution >= 0.6 is 0 Å². The summed E-state index contributed by atoms with van der Waals surface area (Å²) in [5.41, 5.74) is 3.20. The summed E-state index contributed by atoms with van der Waals surface area (Å²) in [5.74, 6) is -0.936. The van der Waals surface area contributed by atoms with E-state index in [9.17, 15) is 9.90 Å². The van der Waals surface area contributed by atoms with E-state index in [-0.39, 0.29) is 5.92 Å². The molecule has 2 aromatic rings. The van der Waals surface area contributed by atoms with E-state index in [2.05, 4.69) is 23.1 Å². The summed E-state index contributed by atoms with van der Waals surface area (Å²) in [6.45, 7) is 5.56. The average Bonchev–Trinajstić information content (AvgIpc) is 2.91. The molecule has 0 unspecified atom stereocenters. The number of carbonyl (C=O) groups is 1. The third kappa shape index (κ3) is 3.45. The van der Waals surface area contributed by atoms with E-state index in [1.165, 1.54) is 0 Å². The lowest BCUT2D eigenvalue weighted by Crippen LogP contribution is -2.43. The van der Waals surface area contributed by atoms with Gasteiger partial charge < -0.3 is 5.11 Å². The van der Waals surface area contributed by atoms with Crippen molar-refractivity contribution in [2.45, 2.75) is 39.3 Å². The summed E-state index contributed by atoms with van der Waals surface area (Å²) < 4.78 is 1.90. The van der Waals surface area contributed by atoms with E-state index >= 15 is 0 Å². The van der Waals surface area contributed by atoms with E-state index in [4.69, 9.17) is 0 Å². The van der Waals surface area contributed by atoms with Gasteiger partial charge in [0.05, 0.1) is 17.3 Å². The molecule has 23 heavy (non-hydrogen) atoms. The van der Waals surface area contributed by atoms with Crippen molar-refractivity contribution in [2.75, 3.05) is 6.54 Å². The zero-order valence-corrected chi connectivity index (χ0v) is 13.6. The second-order valence-corrected chi connectivity index (χ2v) is 6.41. The molecular weight excluding hydrogens is 290 g/mol. The van der Waals surface area contributed by atoms with Crippen molar-refractivity contribution < 1.29 is 9.90 Å². The monoisotopic (exact) mass is 313 g/mol. The maximum Gasteiger partial charge on any atom is 0.307 e. The molecule has 5 nitrogen and oxygen atoms in total. The minimum Gasteiger partial charge on any atom is -0.481 e. The molecule has 1 fully saturated rings. The summed E-state index contributed by atoms with van der Waals surface area (Å²) in [6, 6.07) is 10.4. The molecule has 1 aliphatic rings. The molecule has 2 heterocycles. The van der Waals surface area contributed by atoms with Gasteiger partial charge in [-0.15, -0.1) is 0 Å². The number of hydrogen-bond donors (Lipinski definition) is 1. The molecule has 1 aromatic carbocycles. The first-order valence-corrected chi connectivity index (χ1v) is 8.12. The van der Waals surface area contributed by atoms with Gasteiger partial charge in [-0.05, 0) is 38.8 Å². The van der Waals surface area contributed by atoms with Gasteiger partial charge in [0.2, 0.25) is 0 Å². The van der Waals surface area contributed by atoms with Crippen LogP contribution in [-0.2, 0) is 11.3 Å². The van der Waals surface area contributed by atoms with Crippen molar-refractivity contribution in [1.82, 2.24) is 14.7 Å². The highest BCUT2D eigenvalue weighted by Gasteiger charge is 2.30. The lowest BCUT2D eigenvalue weighted by Gasteiger charge is -2.36. The van der Waals surface area contributed by atoms with Crippen molar-refractivity contribution in [1.29, 1.82) is 0 Å². The minimum absolute atomic E-state index is 0.254. The molecule has 5 heteroatoms. The number of piperidine rings is 1. The highest BCUT2D eigenvalue weighted by Crippen LogP contribution is 2.25. The number of rotatable bonds is 4. The molecule has 0 amide bonds. The van der Waals surface area contributed by atoms with Crippen molar-refractivity contribution in [3.8, 4) is 5.69 Å². The fourth-order valence-corrected chi connectivity index (χ4v) is 3.18. The minimum atomic E-state index is -0.682. The number of aliphatic carboxylic acids is 1. The summed E-state index contributed by atoms with van der Waals surface area (Å²) >= 11 is 0. The quantitative estimate of drug-likeness (QED) is 0.943. The van der Waals surface area contributed by atoms with Crippen LogP contribution in [-0.4, -0.2) is 38.3 Å². The van der Waals surface area contributed by atoms with Gasteiger partial charge in [0.15, 0.2) is 0 Å². The first-order valence-electron chi connectivity index (χ1n) is 8.12. The molecule has 122 valence electrons. The van der Waals surface area contributed by atoms with Gasteiger partial charge in [-0.3, -0.25) is 9.69 Å². The molecule has 3 rings (SSSR count). The highest BCUT2D eigenvalue weighted by atomic mass is 16.4. The summed E-state index contributed by atoms with van der Waals surface area (Å²) in [7, 11) is 0. The van der Waals surface area contributed by atoms with Crippen LogP contribution in [0.4, 0.5) is 0 Å². The Morgan fingerprint density at radius 1 is 1.30 bits per heavy atom. The Morgan fingerprint density at radius 3 is 2.74 bits per heavy atom. The summed E-state index contributed by atoms with van der Waals surface area (Å²) in [6.07, 6.45) is 3.76. The van der Waals surface area contributed by atoms with Gasteiger partial charge in [0.1, 0.15) is 0 Å². The molecule has 0 radical (unpaired) electrons. The lowest BCUT2D eigenvalue weighted by atomic mass is 9.93. The fourth-order valence-electron chi connectivity index (χ4n) is 3.18. The Balaban J connectivity index is 1.77. The number of nitrogens with zero attached hydrogens (tertiary/aromatic N) is 3. The highest BCUT2D eigenvalue weighted by molar-refractivity contribution is 5.70. The Labute approximate surface area is 136 Å². The topological polar surface area (TPSA) is 58.4 Å². The first-order chi connectivity index (χ1) is 11.0. The molecule has 1 aromatic heterocycles. The van der Waals surface area contributed by atoms with Gasteiger partial charge in [-0.1, -0.05) is 18.2 Å². The van der Waals surface area contributed by atoms with Crippen LogP contribution in [0.25, 0.3) is 5.69 Å². The van der Waals surface area contributed by atoms with Crippen LogP contribution < -0.4 is 0 Å². The number of carboxylic acids is 1. The fraction of sp³-hybridized carbons (Fsp3) is 0.444. The van der Waals surface area contributed by atoms with Crippen molar-refractivity contribution in [3.05, 3.63) is 47.8 Å². The van der Waals surface area contributed by atoms with Crippen LogP contribution in [0, 0.1) is 12.8 Å². The van der Waals surface area contributed by atoms with E-state index < -0.39 is 5.97 Å². The van der Waals surface area contributed by atoms with E-state index in [0.717, 1.165) is 36.3 Å². The Morgan fingerprint density at radius 2 is 2.04 bits per heavy atom. The third-order valence-corrected chi connectivity index (χ3v) is 4.76. The number of hydrogen-bond acceptors (Lipinski definition) is 3. The Hall–Kier alpha value is -2.14. The normalized spacial score (nSPS) is 22.2. The van der Waals surface area contributed by atoms with Gasteiger partial charge >= 0.3 is 5.97 Å². The zero-order chi connectivity index (χ0) is 16.4. The SMILES string of the molecule is Cc1nn(-c2ccccc2)cc1CN1C[C@H](C(=O)O)CC[C@@H]1C. The number of aromatic nitrogens is 2. The van der Waals surface area contributed by atoms with Crippen LogP contribution in [0.1, 0.15) is 31.0 Å². The second kappa shape index (κ2) is 6.54. The number of carboxylic acid groups (broad SMARTS) is 1.